The molecular formula is C27H42O5. The van der Waals surface area contributed by atoms with Gasteiger partial charge in [-0.3, -0.25) is 4.79 Å². The number of aliphatic hydroxyl groups is 3. The Morgan fingerprint density at radius 3 is 1.50 bits per heavy atom. The summed E-state index contributed by atoms with van der Waals surface area (Å²) in [4.78, 5) is 11.2. The molecule has 0 aromatic heterocycles. The minimum Gasteiger partial charge on any atom is -0.481 e. The Labute approximate surface area is 193 Å². The lowest BCUT2D eigenvalue weighted by atomic mass is 9.86. The van der Waals surface area contributed by atoms with E-state index in [-0.39, 0.29) is 12.0 Å². The number of carbonyl (C=O) groups is 1. The first kappa shape index (κ1) is 26.6. The van der Waals surface area contributed by atoms with Crippen LogP contribution in [-0.2, 0) is 4.79 Å². The molecule has 2 aliphatic carbocycles. The van der Waals surface area contributed by atoms with E-state index in [1.165, 1.54) is 0 Å². The summed E-state index contributed by atoms with van der Waals surface area (Å²) in [5.41, 5.74) is 3.26. The molecule has 0 bridgehead atoms. The molecule has 2 atom stereocenters. The van der Waals surface area contributed by atoms with Crippen LogP contribution < -0.4 is 0 Å². The minimum absolute atomic E-state index is 0.0738. The van der Waals surface area contributed by atoms with Gasteiger partial charge in [0.2, 0.25) is 0 Å². The van der Waals surface area contributed by atoms with E-state index in [1.807, 2.05) is 24.3 Å². The number of carboxylic acids is 1. The van der Waals surface area contributed by atoms with Crippen LogP contribution in [0.25, 0.3) is 0 Å². The highest BCUT2D eigenvalue weighted by molar-refractivity contribution is 5.73. The highest BCUT2D eigenvalue weighted by atomic mass is 16.4. The van der Waals surface area contributed by atoms with Crippen LogP contribution in [-0.4, -0.2) is 45.2 Å². The lowest BCUT2D eigenvalue weighted by molar-refractivity contribution is -0.147. The van der Waals surface area contributed by atoms with Crippen LogP contribution in [0, 0.1) is 10.8 Å². The molecule has 0 saturated carbocycles. The molecule has 0 heterocycles. The van der Waals surface area contributed by atoms with Gasteiger partial charge in [-0.15, -0.1) is 0 Å². The first-order chi connectivity index (χ1) is 15.0. The molecule has 0 radical (unpaired) electrons. The fraction of sp³-hybridized carbons (Fsp3) is 0.667. The summed E-state index contributed by atoms with van der Waals surface area (Å²) in [5.74, 6) is -0.785. The maximum Gasteiger partial charge on any atom is 0.309 e. The van der Waals surface area contributed by atoms with E-state index in [4.69, 9.17) is 0 Å². The number of hydrogen-bond acceptors (Lipinski definition) is 4. The first-order valence-corrected chi connectivity index (χ1v) is 12.0. The van der Waals surface area contributed by atoms with Crippen molar-refractivity contribution in [3.8, 4) is 0 Å². The topological polar surface area (TPSA) is 98.0 Å². The van der Waals surface area contributed by atoms with Crippen molar-refractivity contribution >= 4 is 5.97 Å². The van der Waals surface area contributed by atoms with Gasteiger partial charge < -0.3 is 20.4 Å². The highest BCUT2D eigenvalue weighted by Crippen LogP contribution is 2.33. The Balaban J connectivity index is 1.67. The zero-order valence-electron chi connectivity index (χ0n) is 20.2. The van der Waals surface area contributed by atoms with E-state index < -0.39 is 23.6 Å². The smallest absolute Gasteiger partial charge is 0.309 e. The van der Waals surface area contributed by atoms with Gasteiger partial charge in [-0.05, 0) is 99.3 Å². The van der Waals surface area contributed by atoms with Crippen molar-refractivity contribution in [2.75, 3.05) is 6.61 Å². The van der Waals surface area contributed by atoms with Crippen LogP contribution in [0.4, 0.5) is 0 Å². The average molecular weight is 447 g/mol. The molecule has 0 aromatic rings. The summed E-state index contributed by atoms with van der Waals surface area (Å²) in [6.07, 6.45) is 14.2. The molecular weight excluding hydrogens is 404 g/mol. The van der Waals surface area contributed by atoms with E-state index in [1.54, 1.807) is 13.8 Å². The Morgan fingerprint density at radius 1 is 0.750 bits per heavy atom. The normalized spacial score (nSPS) is 21.3. The van der Waals surface area contributed by atoms with E-state index in [0.29, 0.717) is 12.8 Å². The van der Waals surface area contributed by atoms with Gasteiger partial charge in [0.25, 0.3) is 0 Å². The summed E-state index contributed by atoms with van der Waals surface area (Å²) in [6, 6.07) is 0. The Bertz CT molecular complexity index is 782. The fourth-order valence-electron chi connectivity index (χ4n) is 4.34. The molecule has 2 rings (SSSR count). The van der Waals surface area contributed by atoms with Gasteiger partial charge in [0.05, 0.1) is 17.6 Å². The monoisotopic (exact) mass is 446 g/mol. The summed E-state index contributed by atoms with van der Waals surface area (Å²) < 4.78 is 0. The quantitative estimate of drug-likeness (QED) is 0.298. The number of aliphatic carboxylic acids is 1. The van der Waals surface area contributed by atoms with Gasteiger partial charge in [-0.1, -0.05) is 38.2 Å². The van der Waals surface area contributed by atoms with Crippen molar-refractivity contribution in [1.29, 1.82) is 0 Å². The highest BCUT2D eigenvalue weighted by Gasteiger charge is 2.28. The molecule has 0 aliphatic heterocycles. The van der Waals surface area contributed by atoms with Gasteiger partial charge >= 0.3 is 5.97 Å². The van der Waals surface area contributed by atoms with Crippen molar-refractivity contribution in [1.82, 2.24) is 0 Å². The predicted molar refractivity (Wildman–Crippen MR) is 128 cm³/mol. The molecule has 5 nitrogen and oxygen atoms in total. The van der Waals surface area contributed by atoms with Crippen LogP contribution in [0.2, 0.25) is 0 Å². The number of rotatable bonds is 14. The second-order valence-electron chi connectivity index (χ2n) is 10.8. The number of aliphatic hydroxyl groups excluding tert-OH is 3. The predicted octanol–water partition coefficient (Wildman–Crippen LogP) is 5.08. The molecule has 0 fully saturated rings. The van der Waals surface area contributed by atoms with Crippen molar-refractivity contribution in [2.45, 2.75) is 97.7 Å². The third-order valence-corrected chi connectivity index (χ3v) is 6.95. The first-order valence-electron chi connectivity index (χ1n) is 12.0. The molecule has 0 spiro atoms. The van der Waals surface area contributed by atoms with Gasteiger partial charge in [-0.25, -0.2) is 0 Å². The van der Waals surface area contributed by atoms with Gasteiger partial charge in [0.15, 0.2) is 0 Å². The molecule has 0 saturated heterocycles. The molecule has 4 N–H and O–H groups in total. The standard InChI is InChI=1S/C27H42O5/c1-26(2,18-28)16-6-10-21-14-12-19(23(21)29)8-5-9-20-13-15-22(24(20)30)11-7-17-27(3,4)25(31)32/h12-15,23-24,28-30H,5-11,16-18H2,1-4H3,(H,31,32). The SMILES string of the molecule is CC(C)(CO)CCCC1=CC=C(CCCC2=CC=C(CCCC(C)(C)C(=O)O)C2O)C1O. The molecule has 180 valence electrons. The molecule has 0 amide bonds. The number of hydrogen-bond donors (Lipinski definition) is 4. The number of allylic oxidation sites excluding steroid dienone is 4. The Morgan fingerprint density at radius 2 is 1.12 bits per heavy atom. The van der Waals surface area contributed by atoms with Crippen molar-refractivity contribution < 1.29 is 25.2 Å². The molecule has 2 unspecified atom stereocenters. The third kappa shape index (κ3) is 7.43. The second-order valence-corrected chi connectivity index (χ2v) is 10.8. The van der Waals surface area contributed by atoms with Crippen molar-refractivity contribution in [3.63, 3.8) is 0 Å². The molecule has 0 aromatic carbocycles. The van der Waals surface area contributed by atoms with Crippen molar-refractivity contribution in [3.05, 3.63) is 46.6 Å². The lowest BCUT2D eigenvalue weighted by Crippen LogP contribution is -2.23. The van der Waals surface area contributed by atoms with Crippen LogP contribution in [0.5, 0.6) is 0 Å². The average Bonchev–Trinajstić information content (AvgIpc) is 3.25. The zero-order chi connectivity index (χ0) is 23.9. The van der Waals surface area contributed by atoms with Gasteiger partial charge in [0, 0.05) is 6.61 Å². The third-order valence-electron chi connectivity index (χ3n) is 6.95. The molecule has 32 heavy (non-hydrogen) atoms. The van der Waals surface area contributed by atoms with Crippen LogP contribution in [0.3, 0.4) is 0 Å². The summed E-state index contributed by atoms with van der Waals surface area (Å²) >= 11 is 0. The largest absolute Gasteiger partial charge is 0.481 e. The van der Waals surface area contributed by atoms with Crippen LogP contribution in [0.15, 0.2) is 46.6 Å². The zero-order valence-corrected chi connectivity index (χ0v) is 20.2. The maximum atomic E-state index is 11.2. The molecule has 2 aliphatic rings. The lowest BCUT2D eigenvalue weighted by Gasteiger charge is -2.22. The van der Waals surface area contributed by atoms with E-state index in [0.717, 1.165) is 67.2 Å². The second kappa shape index (κ2) is 11.4. The number of carboxylic acid groups (broad SMARTS) is 1. The van der Waals surface area contributed by atoms with Crippen molar-refractivity contribution in [2.24, 2.45) is 10.8 Å². The van der Waals surface area contributed by atoms with Crippen LogP contribution in [0.1, 0.15) is 85.5 Å². The molecule has 5 heteroatoms. The Hall–Kier alpha value is -1.69. The van der Waals surface area contributed by atoms with E-state index in [9.17, 15) is 25.2 Å². The fourth-order valence-corrected chi connectivity index (χ4v) is 4.34. The summed E-state index contributed by atoms with van der Waals surface area (Å²) in [7, 11) is 0. The van der Waals surface area contributed by atoms with Gasteiger partial charge in [0.1, 0.15) is 0 Å². The van der Waals surface area contributed by atoms with Gasteiger partial charge in [-0.2, -0.15) is 0 Å². The maximum absolute atomic E-state index is 11.2. The van der Waals surface area contributed by atoms with E-state index in [2.05, 4.69) is 13.8 Å². The minimum atomic E-state index is -0.785. The summed E-state index contributed by atoms with van der Waals surface area (Å²) in [5, 5.41) is 39.8. The summed E-state index contributed by atoms with van der Waals surface area (Å²) in [6.45, 7) is 7.76. The van der Waals surface area contributed by atoms with Crippen LogP contribution >= 0.6 is 0 Å². The van der Waals surface area contributed by atoms with E-state index >= 15 is 0 Å². The Kier molecular flexibility index (Phi) is 9.50.